The summed E-state index contributed by atoms with van der Waals surface area (Å²) in [4.78, 5) is 9.48. The molecule has 1 radical (unpaired) electrons. The average Bonchev–Trinajstić information content (AvgIpc) is 3.48. The summed E-state index contributed by atoms with van der Waals surface area (Å²) in [6, 6.07) is 41.3. The van der Waals surface area contributed by atoms with Crippen LogP contribution in [0.5, 0.6) is 0 Å². The largest absolute Gasteiger partial charge is 0.305 e. The Morgan fingerprint density at radius 1 is 0.745 bits per heavy atom. The van der Waals surface area contributed by atoms with Gasteiger partial charge in [0.15, 0.2) is 0 Å². The molecule has 8 rings (SSSR count). The standard InChI is InChI=1S/C27H20NS.C19H26NSi.Ir/c1-2-6-18(7-3-1)20-10-12-25-23(16-20)24-17-21(11-13-26(24)29-25)27-22-9-5-4-8-19(22)14-15-28-27;1-19(2,3)13-16-12-17(15-10-8-7-9-11-15)20-14-18(16)21(4,5)6;/h1-3,6-7,10,12-17H,4-5,8-9H2;7-10,12,14H,13H2,1-6H3;/q2*-1;. The van der Waals surface area contributed by atoms with Crippen molar-refractivity contribution in [2.45, 2.75) is 72.5 Å². The minimum absolute atomic E-state index is 0. The van der Waals surface area contributed by atoms with Gasteiger partial charge in [0.2, 0.25) is 0 Å². The van der Waals surface area contributed by atoms with Gasteiger partial charge in [0.1, 0.15) is 0 Å². The maximum absolute atomic E-state index is 4.77. The molecule has 4 aromatic carbocycles. The fraction of sp³-hybridized carbons (Fsp3) is 0.261. The van der Waals surface area contributed by atoms with Crippen molar-refractivity contribution in [3.63, 3.8) is 0 Å². The molecule has 0 atom stereocenters. The van der Waals surface area contributed by atoms with Crippen molar-refractivity contribution < 1.29 is 20.1 Å². The van der Waals surface area contributed by atoms with Gasteiger partial charge in [-0.25, -0.2) is 0 Å². The predicted octanol–water partition coefficient (Wildman–Crippen LogP) is 12.1. The van der Waals surface area contributed by atoms with Gasteiger partial charge in [0, 0.05) is 37.2 Å². The molecule has 0 saturated carbocycles. The number of hydrogen-bond donors (Lipinski definition) is 0. The molecule has 261 valence electrons. The van der Waals surface area contributed by atoms with E-state index in [4.69, 9.17) is 9.97 Å². The summed E-state index contributed by atoms with van der Waals surface area (Å²) in [7, 11) is -1.37. The molecule has 0 amide bonds. The van der Waals surface area contributed by atoms with E-state index in [1.54, 1.807) is 0 Å². The molecule has 0 unspecified atom stereocenters. The first kappa shape index (κ1) is 37.0. The second-order valence-corrected chi connectivity index (χ2v) is 21.9. The smallest absolute Gasteiger partial charge is 0.0798 e. The van der Waals surface area contributed by atoms with E-state index in [0.29, 0.717) is 0 Å². The van der Waals surface area contributed by atoms with E-state index in [-0.39, 0.29) is 25.5 Å². The molecule has 3 heterocycles. The second-order valence-electron chi connectivity index (χ2n) is 15.8. The number of thiophene rings is 1. The number of nitrogens with zero attached hydrogens (tertiary/aromatic N) is 2. The first-order valence-corrected chi connectivity index (χ1v) is 22.2. The van der Waals surface area contributed by atoms with E-state index in [1.165, 1.54) is 72.4 Å². The van der Waals surface area contributed by atoms with Crippen LogP contribution in [-0.4, -0.2) is 18.0 Å². The Bertz CT molecular complexity index is 2260. The minimum Gasteiger partial charge on any atom is -0.305 e. The number of benzene rings is 4. The number of fused-ring (bicyclic) bond motifs is 4. The first-order valence-electron chi connectivity index (χ1n) is 17.9. The van der Waals surface area contributed by atoms with Crippen molar-refractivity contribution >= 4 is 44.8 Å². The van der Waals surface area contributed by atoms with Crippen LogP contribution in [0.1, 0.15) is 50.3 Å². The molecule has 3 aromatic heterocycles. The van der Waals surface area contributed by atoms with E-state index in [2.05, 4.69) is 138 Å². The molecule has 0 spiro atoms. The van der Waals surface area contributed by atoms with Crippen LogP contribution in [0.15, 0.2) is 109 Å². The normalized spacial score (nSPS) is 12.9. The van der Waals surface area contributed by atoms with Gasteiger partial charge >= 0.3 is 0 Å². The van der Waals surface area contributed by atoms with Crippen LogP contribution in [0.2, 0.25) is 19.6 Å². The maximum atomic E-state index is 4.77. The Kier molecular flexibility index (Phi) is 11.2. The second kappa shape index (κ2) is 15.5. The van der Waals surface area contributed by atoms with Gasteiger partial charge in [-0.3, -0.25) is 0 Å². The third-order valence-corrected chi connectivity index (χ3v) is 12.7. The van der Waals surface area contributed by atoms with Crippen molar-refractivity contribution in [1.29, 1.82) is 0 Å². The summed E-state index contributed by atoms with van der Waals surface area (Å²) in [5, 5.41) is 4.12. The Labute approximate surface area is 322 Å². The molecule has 2 nitrogen and oxygen atoms in total. The molecule has 0 saturated heterocycles. The van der Waals surface area contributed by atoms with Crippen LogP contribution in [0.25, 0.3) is 53.8 Å². The van der Waals surface area contributed by atoms with Gasteiger partial charge in [-0.1, -0.05) is 105 Å². The van der Waals surface area contributed by atoms with Gasteiger partial charge in [0.25, 0.3) is 0 Å². The van der Waals surface area contributed by atoms with Crippen molar-refractivity contribution in [2.75, 3.05) is 0 Å². The van der Waals surface area contributed by atoms with Gasteiger partial charge in [-0.15, -0.1) is 59.7 Å². The van der Waals surface area contributed by atoms with Crippen LogP contribution < -0.4 is 5.19 Å². The summed E-state index contributed by atoms with van der Waals surface area (Å²) in [5.74, 6) is 0. The molecule has 1 aliphatic rings. The van der Waals surface area contributed by atoms with E-state index in [0.717, 1.165) is 35.4 Å². The van der Waals surface area contributed by atoms with Gasteiger partial charge in [0.05, 0.1) is 8.07 Å². The van der Waals surface area contributed by atoms with Gasteiger partial charge in [-0.2, -0.15) is 11.3 Å². The third kappa shape index (κ3) is 8.50. The molecule has 51 heavy (non-hydrogen) atoms. The van der Waals surface area contributed by atoms with Crippen molar-refractivity contribution in [3.05, 3.63) is 138 Å². The molecule has 7 aromatic rings. The Hall–Kier alpha value is -3.73. The zero-order valence-corrected chi connectivity index (χ0v) is 34.8. The number of pyridine rings is 2. The Balaban J connectivity index is 0.000000182. The van der Waals surface area contributed by atoms with Crippen molar-refractivity contribution in [1.82, 2.24) is 9.97 Å². The van der Waals surface area contributed by atoms with Crippen molar-refractivity contribution in [3.8, 4) is 33.6 Å². The molecule has 5 heteroatoms. The summed E-state index contributed by atoms with van der Waals surface area (Å²) in [6.45, 7) is 14.1. The zero-order chi connectivity index (χ0) is 34.9. The SMILES string of the molecule is CC(C)(C)Cc1cc(-c2[c-]cccc2)ncc1[Si](C)(C)C.[Ir].[c-]1cc2sc3ccc(-c4ccccc4)cc3c2cc1-c1nccc2c1CCCC2. The molecule has 0 bridgehead atoms. The molecule has 1 aliphatic carbocycles. The summed E-state index contributed by atoms with van der Waals surface area (Å²) >= 11 is 1.85. The molecule has 0 aliphatic heterocycles. The van der Waals surface area contributed by atoms with E-state index >= 15 is 0 Å². The van der Waals surface area contributed by atoms with E-state index < -0.39 is 8.07 Å². The van der Waals surface area contributed by atoms with Crippen LogP contribution in [0.4, 0.5) is 0 Å². The summed E-state index contributed by atoms with van der Waals surface area (Å²) < 4.78 is 2.62. The monoisotopic (exact) mass is 879 g/mol. The number of aromatic nitrogens is 2. The van der Waals surface area contributed by atoms with Crippen LogP contribution >= 0.6 is 11.3 Å². The summed E-state index contributed by atoms with van der Waals surface area (Å²) in [5.41, 5.74) is 11.5. The quantitative estimate of drug-likeness (QED) is 0.127. The number of aryl methyl sites for hydroxylation is 1. The van der Waals surface area contributed by atoms with Crippen LogP contribution in [-0.2, 0) is 39.4 Å². The molecular weight excluding hydrogens is 833 g/mol. The third-order valence-electron chi connectivity index (χ3n) is 9.54. The maximum Gasteiger partial charge on any atom is 0.0798 e. The molecular formula is C46H46IrN2SSi-2. The Morgan fingerprint density at radius 2 is 1.51 bits per heavy atom. The topological polar surface area (TPSA) is 25.8 Å². The van der Waals surface area contributed by atoms with E-state index in [1.807, 2.05) is 35.7 Å². The van der Waals surface area contributed by atoms with Crippen LogP contribution in [0, 0.1) is 17.5 Å². The van der Waals surface area contributed by atoms with E-state index in [9.17, 15) is 0 Å². The fourth-order valence-electron chi connectivity index (χ4n) is 7.15. The average molecular weight is 879 g/mol. The number of rotatable bonds is 5. The van der Waals surface area contributed by atoms with Gasteiger partial charge < -0.3 is 9.97 Å². The zero-order valence-electron chi connectivity index (χ0n) is 30.6. The van der Waals surface area contributed by atoms with Crippen LogP contribution in [0.3, 0.4) is 0 Å². The molecule has 0 fully saturated rings. The Morgan fingerprint density at radius 3 is 2.25 bits per heavy atom. The first-order chi connectivity index (χ1) is 24.0. The fourth-order valence-corrected chi connectivity index (χ4v) is 9.78. The summed E-state index contributed by atoms with van der Waals surface area (Å²) in [6.07, 6.45) is 10.0. The minimum atomic E-state index is -1.37. The molecule has 0 N–H and O–H groups in total. The van der Waals surface area contributed by atoms with Crippen molar-refractivity contribution in [2.24, 2.45) is 5.41 Å². The van der Waals surface area contributed by atoms with Gasteiger partial charge in [-0.05, 0) is 93.5 Å². The number of hydrogen-bond acceptors (Lipinski definition) is 3. The predicted molar refractivity (Wildman–Crippen MR) is 218 cm³/mol.